The third kappa shape index (κ3) is 2.11. The SMILES string of the molecule is Cc1c(Nc2c(N)cncc2I)ccc2c1ccn2C. The van der Waals surface area contributed by atoms with Gasteiger partial charge in [-0.25, -0.2) is 0 Å². The lowest BCUT2D eigenvalue weighted by Gasteiger charge is -2.14. The zero-order chi connectivity index (χ0) is 14.3. The molecule has 4 nitrogen and oxygen atoms in total. The molecule has 2 heterocycles. The minimum Gasteiger partial charge on any atom is -0.396 e. The van der Waals surface area contributed by atoms with Crippen LogP contribution < -0.4 is 11.1 Å². The highest BCUT2D eigenvalue weighted by Crippen LogP contribution is 2.32. The van der Waals surface area contributed by atoms with Crippen LogP contribution in [-0.2, 0) is 7.05 Å². The predicted octanol–water partition coefficient (Wildman–Crippen LogP) is 3.81. The average Bonchev–Trinajstić information content (AvgIpc) is 2.79. The maximum Gasteiger partial charge on any atom is 0.0785 e. The molecule has 0 spiro atoms. The highest BCUT2D eigenvalue weighted by atomic mass is 127. The van der Waals surface area contributed by atoms with Crippen molar-refractivity contribution in [1.29, 1.82) is 0 Å². The minimum absolute atomic E-state index is 0.657. The van der Waals surface area contributed by atoms with E-state index in [1.165, 1.54) is 16.5 Å². The third-order valence-electron chi connectivity index (χ3n) is 3.53. The van der Waals surface area contributed by atoms with Crippen LogP contribution in [0.2, 0.25) is 0 Å². The van der Waals surface area contributed by atoms with Crippen molar-refractivity contribution >= 4 is 50.6 Å². The average molecular weight is 378 g/mol. The Morgan fingerprint density at radius 1 is 1.25 bits per heavy atom. The molecular formula is C15H15IN4. The number of fused-ring (bicyclic) bond motifs is 1. The minimum atomic E-state index is 0.657. The van der Waals surface area contributed by atoms with Crippen LogP contribution >= 0.6 is 22.6 Å². The molecule has 2 aromatic heterocycles. The van der Waals surface area contributed by atoms with Crippen LogP contribution in [0.15, 0.2) is 36.8 Å². The predicted molar refractivity (Wildman–Crippen MR) is 92.3 cm³/mol. The molecule has 3 rings (SSSR count). The van der Waals surface area contributed by atoms with Crippen LogP contribution in [-0.4, -0.2) is 9.55 Å². The Kier molecular flexibility index (Phi) is 3.29. The number of anilines is 3. The number of aryl methyl sites for hydroxylation is 2. The van der Waals surface area contributed by atoms with E-state index in [9.17, 15) is 0 Å². The summed E-state index contributed by atoms with van der Waals surface area (Å²) < 4.78 is 3.13. The van der Waals surface area contributed by atoms with Crippen molar-refractivity contribution in [2.45, 2.75) is 6.92 Å². The van der Waals surface area contributed by atoms with E-state index in [2.05, 4.69) is 75.8 Å². The summed E-state index contributed by atoms with van der Waals surface area (Å²) in [5, 5.41) is 4.68. The van der Waals surface area contributed by atoms with Gasteiger partial charge in [-0.1, -0.05) is 0 Å². The van der Waals surface area contributed by atoms with Crippen molar-refractivity contribution in [3.63, 3.8) is 0 Å². The molecule has 0 radical (unpaired) electrons. The molecule has 3 N–H and O–H groups in total. The van der Waals surface area contributed by atoms with Gasteiger partial charge in [-0.2, -0.15) is 0 Å². The van der Waals surface area contributed by atoms with Crippen molar-refractivity contribution < 1.29 is 0 Å². The van der Waals surface area contributed by atoms with Crippen LogP contribution in [0.5, 0.6) is 0 Å². The Bertz CT molecular complexity index is 772. The summed E-state index contributed by atoms with van der Waals surface area (Å²) in [4.78, 5) is 4.09. The second-order valence-electron chi connectivity index (χ2n) is 4.81. The van der Waals surface area contributed by atoms with Gasteiger partial charge in [0.15, 0.2) is 0 Å². The zero-order valence-corrected chi connectivity index (χ0v) is 13.5. The van der Waals surface area contributed by atoms with Crippen molar-refractivity contribution in [1.82, 2.24) is 9.55 Å². The number of halogens is 1. The van der Waals surface area contributed by atoms with E-state index in [-0.39, 0.29) is 0 Å². The Morgan fingerprint density at radius 2 is 2.05 bits per heavy atom. The number of hydrogen-bond acceptors (Lipinski definition) is 3. The molecule has 0 unspecified atom stereocenters. The van der Waals surface area contributed by atoms with Gasteiger partial charge in [-0.3, -0.25) is 4.98 Å². The fourth-order valence-electron chi connectivity index (χ4n) is 2.35. The molecular weight excluding hydrogens is 363 g/mol. The molecule has 0 amide bonds. The van der Waals surface area contributed by atoms with Gasteiger partial charge in [0.05, 0.1) is 21.1 Å². The second kappa shape index (κ2) is 4.97. The summed E-state index contributed by atoms with van der Waals surface area (Å²) in [7, 11) is 2.05. The normalized spacial score (nSPS) is 10.9. The summed E-state index contributed by atoms with van der Waals surface area (Å²) in [5.74, 6) is 0. The number of nitrogens with zero attached hydrogens (tertiary/aromatic N) is 2. The van der Waals surface area contributed by atoms with E-state index in [4.69, 9.17) is 5.73 Å². The topological polar surface area (TPSA) is 55.9 Å². The number of benzene rings is 1. The highest BCUT2D eigenvalue weighted by Gasteiger charge is 2.09. The number of aromatic nitrogens is 2. The van der Waals surface area contributed by atoms with Gasteiger partial charge in [-0.05, 0) is 53.3 Å². The maximum atomic E-state index is 6.00. The number of nitrogen functional groups attached to an aromatic ring is 1. The van der Waals surface area contributed by atoms with Crippen molar-refractivity contribution in [3.05, 3.63) is 45.9 Å². The Labute approximate surface area is 131 Å². The molecule has 20 heavy (non-hydrogen) atoms. The number of pyridine rings is 1. The molecule has 0 saturated carbocycles. The fraction of sp³-hybridized carbons (Fsp3) is 0.133. The molecule has 5 heteroatoms. The van der Waals surface area contributed by atoms with Crippen molar-refractivity contribution in [2.24, 2.45) is 7.05 Å². The lowest BCUT2D eigenvalue weighted by Crippen LogP contribution is -2.01. The number of nitrogens with two attached hydrogens (primary N) is 1. The molecule has 0 saturated heterocycles. The first-order valence-corrected chi connectivity index (χ1v) is 7.36. The monoisotopic (exact) mass is 378 g/mol. The summed E-state index contributed by atoms with van der Waals surface area (Å²) in [6, 6.07) is 6.35. The lowest BCUT2D eigenvalue weighted by molar-refractivity contribution is 0.969. The fourth-order valence-corrected chi connectivity index (χ4v) is 2.96. The van der Waals surface area contributed by atoms with E-state index in [1.807, 2.05) is 0 Å². The van der Waals surface area contributed by atoms with Crippen molar-refractivity contribution in [2.75, 3.05) is 11.1 Å². The summed E-state index contributed by atoms with van der Waals surface area (Å²) in [5.41, 5.74) is 11.1. The first-order chi connectivity index (χ1) is 9.58. The quantitative estimate of drug-likeness (QED) is 0.667. The number of nitrogens with one attached hydrogen (secondary N) is 1. The highest BCUT2D eigenvalue weighted by molar-refractivity contribution is 14.1. The first kappa shape index (κ1) is 13.2. The van der Waals surface area contributed by atoms with E-state index in [0.29, 0.717) is 5.69 Å². The Hall–Kier alpha value is -1.76. The van der Waals surface area contributed by atoms with E-state index < -0.39 is 0 Å². The Balaban J connectivity index is 2.09. The third-order valence-corrected chi connectivity index (χ3v) is 4.34. The molecule has 0 aliphatic heterocycles. The van der Waals surface area contributed by atoms with Gasteiger partial charge >= 0.3 is 0 Å². The molecule has 0 aliphatic rings. The van der Waals surface area contributed by atoms with Crippen LogP contribution in [0.1, 0.15) is 5.56 Å². The lowest BCUT2D eigenvalue weighted by atomic mass is 10.1. The molecule has 0 fully saturated rings. The van der Waals surface area contributed by atoms with Gasteiger partial charge in [0, 0.05) is 36.0 Å². The van der Waals surface area contributed by atoms with Gasteiger partial charge < -0.3 is 15.6 Å². The number of hydrogen-bond donors (Lipinski definition) is 2. The van der Waals surface area contributed by atoms with E-state index in [1.54, 1.807) is 12.4 Å². The van der Waals surface area contributed by atoms with Crippen LogP contribution in [0.4, 0.5) is 17.1 Å². The van der Waals surface area contributed by atoms with Crippen LogP contribution in [0, 0.1) is 10.5 Å². The molecule has 102 valence electrons. The first-order valence-electron chi connectivity index (χ1n) is 6.28. The largest absolute Gasteiger partial charge is 0.396 e. The summed E-state index contributed by atoms with van der Waals surface area (Å²) in [6.45, 7) is 2.12. The number of rotatable bonds is 2. The summed E-state index contributed by atoms with van der Waals surface area (Å²) in [6.07, 6.45) is 5.54. The summed E-state index contributed by atoms with van der Waals surface area (Å²) >= 11 is 2.24. The Morgan fingerprint density at radius 3 is 2.80 bits per heavy atom. The smallest absolute Gasteiger partial charge is 0.0785 e. The molecule has 1 aromatic carbocycles. The van der Waals surface area contributed by atoms with Crippen LogP contribution in [0.25, 0.3) is 10.9 Å². The maximum absolute atomic E-state index is 6.00. The molecule has 0 atom stereocenters. The zero-order valence-electron chi connectivity index (χ0n) is 11.3. The van der Waals surface area contributed by atoms with Crippen LogP contribution in [0.3, 0.4) is 0 Å². The van der Waals surface area contributed by atoms with Gasteiger partial charge in [0.2, 0.25) is 0 Å². The van der Waals surface area contributed by atoms with E-state index >= 15 is 0 Å². The molecule has 0 bridgehead atoms. The van der Waals surface area contributed by atoms with Crippen molar-refractivity contribution in [3.8, 4) is 0 Å². The van der Waals surface area contributed by atoms with Gasteiger partial charge in [0.1, 0.15) is 0 Å². The molecule has 3 aromatic rings. The second-order valence-corrected chi connectivity index (χ2v) is 5.97. The standard InChI is InChI=1S/C15H15IN4/c1-9-10-5-6-20(2)14(10)4-3-13(9)19-15-11(16)7-18-8-12(15)17/h3-8H,17H2,1-2H3,(H,18,19). The van der Waals surface area contributed by atoms with Gasteiger partial charge in [0.25, 0.3) is 0 Å². The van der Waals surface area contributed by atoms with E-state index in [0.717, 1.165) is 14.9 Å². The van der Waals surface area contributed by atoms with Gasteiger partial charge in [-0.15, -0.1) is 0 Å². The molecule has 0 aliphatic carbocycles.